The summed E-state index contributed by atoms with van der Waals surface area (Å²) in [6, 6.07) is 1.01. The third-order valence-corrected chi connectivity index (χ3v) is 4.51. The Balaban J connectivity index is 3.26. The first-order valence-electron chi connectivity index (χ1n) is 3.89. The Kier molecular flexibility index (Phi) is 3.13. The fourth-order valence-corrected chi connectivity index (χ4v) is 2.60. The van der Waals surface area contributed by atoms with Crippen LogP contribution < -0.4 is 5.19 Å². The molecule has 0 nitrogen and oxygen atoms in total. The highest BCUT2D eigenvalue weighted by atomic mass is 28.4. The Hall–Kier alpha value is -0.983. The van der Waals surface area contributed by atoms with Gasteiger partial charge in [-0.15, -0.1) is 0 Å². The van der Waals surface area contributed by atoms with Gasteiger partial charge in [-0.1, -0.05) is 30.3 Å². The molecule has 84 valence electrons. The first kappa shape index (κ1) is 12.1. The van der Waals surface area contributed by atoms with Gasteiger partial charge in [0, 0.05) is 0 Å². The van der Waals surface area contributed by atoms with Crippen molar-refractivity contribution in [1.29, 1.82) is 0 Å². The molecule has 0 saturated carbocycles. The number of rotatable bonds is 2. The molecule has 1 rings (SSSR count). The molecule has 0 saturated heterocycles. The Bertz CT molecular complexity index is 322. The molecule has 15 heavy (non-hydrogen) atoms. The second kappa shape index (κ2) is 3.88. The van der Waals surface area contributed by atoms with Crippen LogP contribution >= 0.6 is 0 Å². The summed E-state index contributed by atoms with van der Waals surface area (Å²) >= 11 is 0. The summed E-state index contributed by atoms with van der Waals surface area (Å²) in [6.07, 6.45) is 0. The molecule has 0 spiro atoms. The Morgan fingerprint density at radius 2 is 1.47 bits per heavy atom. The molecule has 0 heterocycles. The van der Waals surface area contributed by atoms with E-state index in [0.29, 0.717) is 0 Å². The van der Waals surface area contributed by atoms with Gasteiger partial charge in [0.1, 0.15) is 0 Å². The summed E-state index contributed by atoms with van der Waals surface area (Å²) in [7, 11) is -6.24. The molecule has 1 unspecified atom stereocenters. The van der Waals surface area contributed by atoms with E-state index in [0.717, 1.165) is 24.3 Å². The number of halogens is 6. The van der Waals surface area contributed by atoms with Gasteiger partial charge in [0.15, 0.2) is 0 Å². The van der Waals surface area contributed by atoms with Crippen LogP contribution in [0.2, 0.25) is 0 Å². The molecule has 1 aromatic rings. The molecule has 1 aromatic carbocycles. The minimum atomic E-state index is -6.24. The molecule has 0 amide bonds. The van der Waals surface area contributed by atoms with E-state index in [-0.39, 0.29) is 0 Å². The van der Waals surface area contributed by atoms with Crippen molar-refractivity contribution in [2.75, 3.05) is 0 Å². The standard InChI is InChI=1S/C8H6F6Si/c9-7(10)15(14,8(11,12)13)6-4-2-1-3-5-6/h1-5,7H. The fraction of sp³-hybridized carbons (Fsp3) is 0.250. The highest BCUT2D eigenvalue weighted by Crippen LogP contribution is 2.34. The van der Waals surface area contributed by atoms with Crippen LogP contribution in [0, 0.1) is 0 Å². The van der Waals surface area contributed by atoms with Crippen LogP contribution in [0.4, 0.5) is 26.1 Å². The lowest BCUT2D eigenvalue weighted by molar-refractivity contribution is -0.0710. The molecule has 0 aliphatic carbocycles. The van der Waals surface area contributed by atoms with Gasteiger partial charge in [0.2, 0.25) is 0 Å². The van der Waals surface area contributed by atoms with Crippen molar-refractivity contribution < 1.29 is 26.1 Å². The Morgan fingerprint density at radius 1 is 1.00 bits per heavy atom. The van der Waals surface area contributed by atoms with E-state index in [1.54, 1.807) is 0 Å². The lowest BCUT2D eigenvalue weighted by Crippen LogP contribution is -2.62. The maximum absolute atomic E-state index is 13.4. The number of alkyl halides is 5. The van der Waals surface area contributed by atoms with Gasteiger partial charge in [-0.2, -0.15) is 13.2 Å². The molecule has 7 heteroatoms. The van der Waals surface area contributed by atoms with Crippen molar-refractivity contribution in [3.05, 3.63) is 30.3 Å². The molecule has 0 N–H and O–H groups in total. The summed E-state index contributed by atoms with van der Waals surface area (Å²) in [4.78, 5) is 0. The summed E-state index contributed by atoms with van der Waals surface area (Å²) in [6.45, 7) is 0. The molecular formula is C8H6F6Si. The van der Waals surface area contributed by atoms with Crippen LogP contribution in [0.15, 0.2) is 30.3 Å². The molecule has 0 fully saturated rings. The van der Waals surface area contributed by atoms with Crippen LogP contribution in [0.3, 0.4) is 0 Å². The average molecular weight is 244 g/mol. The normalized spacial score (nSPS) is 16.5. The Morgan fingerprint density at radius 3 is 1.80 bits per heavy atom. The lowest BCUT2D eigenvalue weighted by atomic mass is 10.4. The van der Waals surface area contributed by atoms with Crippen molar-refractivity contribution in [1.82, 2.24) is 0 Å². The van der Waals surface area contributed by atoms with Crippen molar-refractivity contribution in [3.63, 3.8) is 0 Å². The SMILES string of the molecule is FC(F)[Si](F)(c1ccccc1)C(F)(F)F. The van der Waals surface area contributed by atoms with E-state index < -0.39 is 25.4 Å². The first-order chi connectivity index (χ1) is 6.80. The summed E-state index contributed by atoms with van der Waals surface area (Å²) in [5, 5.41) is -0.951. The van der Waals surface area contributed by atoms with E-state index in [2.05, 4.69) is 0 Å². The molecule has 1 atom stereocenters. The molecule has 0 radical (unpaired) electrons. The maximum atomic E-state index is 13.4. The zero-order valence-electron chi connectivity index (χ0n) is 7.23. The molecule has 0 aliphatic rings. The van der Waals surface area contributed by atoms with Crippen LogP contribution in [-0.2, 0) is 0 Å². The summed E-state index contributed by atoms with van der Waals surface area (Å²) in [5.41, 5.74) is 0. The largest absolute Gasteiger partial charge is 0.462 e. The predicted molar refractivity (Wildman–Crippen MR) is 45.0 cm³/mol. The average Bonchev–Trinajstić information content (AvgIpc) is 2.16. The maximum Gasteiger partial charge on any atom is 0.462 e. The van der Waals surface area contributed by atoms with Crippen molar-refractivity contribution in [2.24, 2.45) is 0 Å². The van der Waals surface area contributed by atoms with Crippen LogP contribution in [0.1, 0.15) is 0 Å². The van der Waals surface area contributed by atoms with E-state index in [1.807, 2.05) is 0 Å². The van der Waals surface area contributed by atoms with E-state index >= 15 is 0 Å². The smallest absolute Gasteiger partial charge is 0.290 e. The number of hydrogen-bond acceptors (Lipinski definition) is 0. The predicted octanol–water partition coefficient (Wildman–Crippen LogP) is 2.71. The minimum Gasteiger partial charge on any atom is -0.290 e. The summed E-state index contributed by atoms with van der Waals surface area (Å²) < 4.78 is 74.6. The third-order valence-electron chi connectivity index (χ3n) is 1.91. The van der Waals surface area contributed by atoms with E-state index in [4.69, 9.17) is 0 Å². The van der Waals surface area contributed by atoms with E-state index in [9.17, 15) is 26.1 Å². The van der Waals surface area contributed by atoms with Gasteiger partial charge in [-0.05, 0) is 5.19 Å². The van der Waals surface area contributed by atoms with Gasteiger partial charge in [0.05, 0.1) is 0 Å². The quantitative estimate of drug-likeness (QED) is 0.426. The highest BCUT2D eigenvalue weighted by molar-refractivity contribution is 6.88. The van der Waals surface area contributed by atoms with Crippen LogP contribution in [0.5, 0.6) is 0 Å². The van der Waals surface area contributed by atoms with E-state index in [1.165, 1.54) is 6.07 Å². The third kappa shape index (κ3) is 2.01. The zero-order chi connectivity index (χ0) is 11.7. The molecular weight excluding hydrogens is 238 g/mol. The van der Waals surface area contributed by atoms with Gasteiger partial charge in [0.25, 0.3) is 6.05 Å². The number of hydrogen-bond donors (Lipinski definition) is 0. The molecule has 0 aliphatic heterocycles. The van der Waals surface area contributed by atoms with Crippen LogP contribution in [0.25, 0.3) is 0 Å². The van der Waals surface area contributed by atoms with Gasteiger partial charge >= 0.3 is 14.2 Å². The molecule has 0 bridgehead atoms. The lowest BCUT2D eigenvalue weighted by Gasteiger charge is -2.24. The zero-order valence-corrected chi connectivity index (χ0v) is 8.23. The van der Waals surface area contributed by atoms with Crippen molar-refractivity contribution >= 4 is 13.6 Å². The minimum absolute atomic E-state index is 0.742. The Labute approximate surface area is 82.7 Å². The summed E-state index contributed by atoms with van der Waals surface area (Å²) in [5.74, 6) is -5.50. The highest BCUT2D eigenvalue weighted by Gasteiger charge is 2.68. The van der Waals surface area contributed by atoms with Gasteiger partial charge in [-0.3, -0.25) is 4.11 Å². The second-order valence-corrected chi connectivity index (χ2v) is 5.88. The monoisotopic (exact) mass is 244 g/mol. The first-order valence-corrected chi connectivity index (χ1v) is 5.85. The second-order valence-electron chi connectivity index (χ2n) is 2.88. The van der Waals surface area contributed by atoms with Crippen molar-refractivity contribution in [3.8, 4) is 0 Å². The molecule has 0 aromatic heterocycles. The van der Waals surface area contributed by atoms with Crippen LogP contribution in [-0.4, -0.2) is 20.3 Å². The fourth-order valence-electron chi connectivity index (χ4n) is 1.09. The van der Waals surface area contributed by atoms with Gasteiger partial charge in [-0.25, -0.2) is 8.78 Å². The van der Waals surface area contributed by atoms with Crippen molar-refractivity contribution in [2.45, 2.75) is 11.8 Å². The number of benzene rings is 1. The van der Waals surface area contributed by atoms with Gasteiger partial charge < -0.3 is 0 Å². The topological polar surface area (TPSA) is 0 Å².